The lowest BCUT2D eigenvalue weighted by Crippen LogP contribution is -2.70. The van der Waals surface area contributed by atoms with Gasteiger partial charge in [-0.1, -0.05) is 35.5 Å². The normalized spacial score (nSPS) is 36.1. The van der Waals surface area contributed by atoms with E-state index in [1.165, 1.54) is 60.3 Å². The lowest BCUT2D eigenvalue weighted by Gasteiger charge is -2.51. The predicted molar refractivity (Wildman–Crippen MR) is 235 cm³/mol. The van der Waals surface area contributed by atoms with E-state index in [1.54, 1.807) is 12.1 Å². The Bertz CT molecular complexity index is 2420. The third-order valence-corrected chi connectivity index (χ3v) is 13.1. The van der Waals surface area contributed by atoms with Crippen molar-refractivity contribution in [1.82, 2.24) is 20.3 Å². The van der Waals surface area contributed by atoms with Gasteiger partial charge in [0.25, 0.3) is 5.79 Å². The number of esters is 2. The molecule has 3 aromatic rings. The first-order valence-electron chi connectivity index (χ1n) is 23.0. The van der Waals surface area contributed by atoms with Crippen molar-refractivity contribution in [3.05, 3.63) is 72.2 Å². The van der Waals surface area contributed by atoms with E-state index >= 15 is 0 Å². The Balaban J connectivity index is 1.34. The second kappa shape index (κ2) is 23.4. The van der Waals surface area contributed by atoms with Crippen LogP contribution in [0.5, 0.6) is 0 Å². The van der Waals surface area contributed by atoms with Crippen molar-refractivity contribution < 1.29 is 112 Å². The molecule has 0 spiro atoms. The van der Waals surface area contributed by atoms with Crippen LogP contribution in [0.3, 0.4) is 0 Å². The number of nitrogens with one attached hydrogen (secondary N) is 1. The minimum atomic E-state index is -3.23. The highest BCUT2D eigenvalue weighted by molar-refractivity contribution is 5.89. The number of ether oxygens (including phenoxy) is 8. The molecule has 1 saturated carbocycles. The van der Waals surface area contributed by atoms with Gasteiger partial charge in [0, 0.05) is 18.9 Å². The SMILES string of the molecule is COC(=O)C1CC(OC2OC(CO)C(O)C(OC3(C(=O)O)CC(O)C(NC(C)=O)C([C@H](O)C(=O)CO)O3)C2OC(=O)c2ccccc2)C(OC2OC(C)C(O)C(O)C2O)C(n2cc(-c3cccc(F)c3)nn2)C1. The number of aliphatic carboxylic acids is 1. The second-order valence-electron chi connectivity index (χ2n) is 18.1. The molecule has 1 aromatic heterocycles. The van der Waals surface area contributed by atoms with Gasteiger partial charge in [-0.3, -0.25) is 14.4 Å². The number of aromatic nitrogens is 3. The van der Waals surface area contributed by atoms with Crippen molar-refractivity contribution in [1.29, 1.82) is 0 Å². The molecule has 2 aromatic carbocycles. The topological polar surface area (TPSA) is 384 Å². The zero-order valence-corrected chi connectivity index (χ0v) is 39.3. The Labute approximate surface area is 414 Å². The Morgan fingerprint density at radius 3 is 2.27 bits per heavy atom. The van der Waals surface area contributed by atoms with Crippen molar-refractivity contribution in [2.24, 2.45) is 5.92 Å². The number of aliphatic hydroxyl groups is 8. The van der Waals surface area contributed by atoms with Crippen molar-refractivity contribution in [2.75, 3.05) is 20.3 Å². The number of nitrogens with zero attached hydrogens (tertiary/aromatic N) is 3. The van der Waals surface area contributed by atoms with Gasteiger partial charge in [0.1, 0.15) is 73.1 Å². The van der Waals surface area contributed by atoms with Gasteiger partial charge in [0.05, 0.1) is 61.8 Å². The van der Waals surface area contributed by atoms with Crippen molar-refractivity contribution in [3.63, 3.8) is 0 Å². The molecule has 18 unspecified atom stereocenters. The fraction of sp³-hybridized carbons (Fsp3) is 0.587. The highest BCUT2D eigenvalue weighted by atomic mass is 19.1. The van der Waals surface area contributed by atoms with E-state index in [0.717, 1.165) is 14.0 Å². The number of halogens is 1. The van der Waals surface area contributed by atoms with E-state index in [-0.39, 0.29) is 29.7 Å². The Morgan fingerprint density at radius 1 is 0.904 bits per heavy atom. The standard InChI is InChI=1S/C46H57FN4O22/c1-19-32(57)35(60)36(61)43(67-19)71-37-26(51-16-25(49-50-51)22-10-7-11-24(47)12-22)13-23(41(62)66-3)14-29(37)68-44-40(70-42(63)21-8-5-4-6-9-21)39(34(59)30(18-53)69-44)73-46(45(64)65)15-27(55)31(48-20(2)54)38(72-46)33(58)28(56)17-52/h4-12,16,19,23,26-27,29-40,43-44,52-53,55,57-61H,13-15,17-18H2,1-3H3,(H,48,54)(H,64,65)/t19?,23?,26?,27?,29?,30?,31?,32?,33-,34?,35?,36?,37?,38?,39?,40?,43?,44?,46?/m1/s1. The summed E-state index contributed by atoms with van der Waals surface area (Å²) in [5, 5.41) is 109. The molecule has 10 N–H and O–H groups in total. The number of methoxy groups -OCH3 is 1. The van der Waals surface area contributed by atoms with Crippen LogP contribution in [0.1, 0.15) is 49.5 Å². The Morgan fingerprint density at radius 2 is 1.63 bits per heavy atom. The van der Waals surface area contributed by atoms with Crippen LogP contribution >= 0.6 is 0 Å². The molecule has 400 valence electrons. The molecule has 4 heterocycles. The zero-order valence-electron chi connectivity index (χ0n) is 39.3. The van der Waals surface area contributed by atoms with E-state index in [4.69, 9.17) is 37.9 Å². The van der Waals surface area contributed by atoms with Gasteiger partial charge in [-0.05, 0) is 44.0 Å². The molecule has 3 aliphatic heterocycles. The summed E-state index contributed by atoms with van der Waals surface area (Å²) in [4.78, 5) is 65.9. The van der Waals surface area contributed by atoms with Crippen LogP contribution in [-0.4, -0.2) is 215 Å². The maximum Gasteiger partial charge on any atom is 0.364 e. The minimum Gasteiger partial charge on any atom is -0.477 e. The molecule has 0 radical (unpaired) electrons. The molecule has 4 fully saturated rings. The van der Waals surface area contributed by atoms with Gasteiger partial charge < -0.3 is 89.2 Å². The third kappa shape index (κ3) is 11.9. The van der Waals surface area contributed by atoms with Gasteiger partial charge in [-0.25, -0.2) is 18.7 Å². The summed E-state index contributed by atoms with van der Waals surface area (Å²) in [5.74, 6) is -11.1. The summed E-state index contributed by atoms with van der Waals surface area (Å²) in [7, 11) is 1.11. The van der Waals surface area contributed by atoms with Crippen LogP contribution in [0.25, 0.3) is 11.3 Å². The number of ketones is 1. The molecule has 0 bridgehead atoms. The molecule has 3 saturated heterocycles. The van der Waals surface area contributed by atoms with Crippen LogP contribution in [0.2, 0.25) is 0 Å². The van der Waals surface area contributed by atoms with Crippen LogP contribution in [0, 0.1) is 11.7 Å². The summed E-state index contributed by atoms with van der Waals surface area (Å²) in [5.41, 5.74) is 0.303. The highest BCUT2D eigenvalue weighted by Gasteiger charge is 2.61. The number of carboxylic acids is 1. The molecule has 26 nitrogen and oxygen atoms in total. The van der Waals surface area contributed by atoms with Gasteiger partial charge in [-0.15, -0.1) is 5.10 Å². The predicted octanol–water partition coefficient (Wildman–Crippen LogP) is -3.15. The summed E-state index contributed by atoms with van der Waals surface area (Å²) < 4.78 is 63.5. The fourth-order valence-corrected chi connectivity index (χ4v) is 9.36. The van der Waals surface area contributed by atoms with Gasteiger partial charge in [0.15, 0.2) is 24.5 Å². The summed E-state index contributed by atoms with van der Waals surface area (Å²) in [6.45, 7) is -0.00109. The number of rotatable bonds is 17. The quantitative estimate of drug-likeness (QED) is 0.0597. The molecular formula is C46H57FN4O22. The number of carbonyl (C=O) groups is 5. The van der Waals surface area contributed by atoms with Crippen molar-refractivity contribution in [3.8, 4) is 11.3 Å². The zero-order chi connectivity index (χ0) is 53.1. The lowest BCUT2D eigenvalue weighted by atomic mass is 9.81. The minimum absolute atomic E-state index is 0.122. The number of carbonyl (C=O) groups excluding carboxylic acids is 4. The Hall–Kier alpha value is -5.50. The Kier molecular flexibility index (Phi) is 17.7. The molecule has 4 aliphatic rings. The van der Waals surface area contributed by atoms with E-state index in [0.29, 0.717) is 0 Å². The van der Waals surface area contributed by atoms with Gasteiger partial charge >= 0.3 is 17.9 Å². The monoisotopic (exact) mass is 1040 g/mol. The fourth-order valence-electron chi connectivity index (χ4n) is 9.36. The smallest absolute Gasteiger partial charge is 0.364 e. The average molecular weight is 1040 g/mol. The number of benzene rings is 2. The van der Waals surface area contributed by atoms with E-state index in [1.807, 2.05) is 0 Å². The first kappa shape index (κ1) is 55.3. The number of aliphatic hydroxyl groups excluding tert-OH is 8. The molecule has 1 amide bonds. The third-order valence-electron chi connectivity index (χ3n) is 13.1. The number of Topliss-reactive ketones (excluding diaryl/α,β-unsaturated/α-hetero) is 1. The maximum absolute atomic E-state index is 14.4. The number of amides is 1. The van der Waals surface area contributed by atoms with Crippen LogP contribution in [0.4, 0.5) is 4.39 Å². The molecular weight excluding hydrogens is 980 g/mol. The van der Waals surface area contributed by atoms with Crippen molar-refractivity contribution in [2.45, 2.75) is 143 Å². The highest BCUT2D eigenvalue weighted by Crippen LogP contribution is 2.43. The first-order valence-corrected chi connectivity index (χ1v) is 23.0. The lowest BCUT2D eigenvalue weighted by molar-refractivity contribution is -0.376. The summed E-state index contributed by atoms with van der Waals surface area (Å²) >= 11 is 0. The average Bonchev–Trinajstić information content (AvgIpc) is 3.87. The van der Waals surface area contributed by atoms with Crippen LogP contribution in [-0.2, 0) is 57.1 Å². The molecule has 19 atom stereocenters. The van der Waals surface area contributed by atoms with E-state index in [2.05, 4.69) is 15.6 Å². The molecule has 27 heteroatoms. The molecule has 1 aliphatic carbocycles. The largest absolute Gasteiger partial charge is 0.477 e. The summed E-state index contributed by atoms with van der Waals surface area (Å²) in [6.07, 6.45) is -28.8. The van der Waals surface area contributed by atoms with E-state index < -0.39 is 171 Å². The first-order chi connectivity index (χ1) is 34.7. The summed E-state index contributed by atoms with van der Waals surface area (Å²) in [6, 6.07) is 9.59. The van der Waals surface area contributed by atoms with Crippen LogP contribution < -0.4 is 5.32 Å². The number of hydrogen-bond acceptors (Lipinski definition) is 23. The van der Waals surface area contributed by atoms with Gasteiger partial charge in [0.2, 0.25) is 5.91 Å². The van der Waals surface area contributed by atoms with Crippen LogP contribution in [0.15, 0.2) is 60.8 Å². The number of carboxylic acid groups (broad SMARTS) is 1. The maximum atomic E-state index is 14.4. The molecule has 73 heavy (non-hydrogen) atoms. The van der Waals surface area contributed by atoms with E-state index in [9.17, 15) is 74.3 Å². The second-order valence-corrected chi connectivity index (χ2v) is 18.1. The number of hydrogen-bond donors (Lipinski definition) is 10. The van der Waals surface area contributed by atoms with Crippen molar-refractivity contribution >= 4 is 29.6 Å². The molecule has 7 rings (SSSR count). The van der Waals surface area contributed by atoms with Gasteiger partial charge in [-0.2, -0.15) is 0 Å².